The van der Waals surface area contributed by atoms with Crippen molar-refractivity contribution >= 4 is 5.91 Å². The third-order valence-corrected chi connectivity index (χ3v) is 1.14. The van der Waals surface area contributed by atoms with Gasteiger partial charge >= 0.3 is 0 Å². The molecule has 0 spiro atoms. The summed E-state index contributed by atoms with van der Waals surface area (Å²) in [6.45, 7) is 3.78. The van der Waals surface area contributed by atoms with E-state index in [0.717, 1.165) is 0 Å². The fraction of sp³-hybridized carbons (Fsp3) is 0.833. The van der Waals surface area contributed by atoms with Gasteiger partial charge in [-0.1, -0.05) is 13.8 Å². The molecule has 1 atom stereocenters. The van der Waals surface area contributed by atoms with Crippen LogP contribution >= 0.6 is 0 Å². The standard InChI is InChI=1S/C6H13NO2/c1-4(2)5(9-3)6(7)8/h4-5H,1-3H3,(H2,7,8)/t5-/m1/s1. The normalized spacial score (nSPS) is 13.8. The number of rotatable bonds is 3. The minimum absolute atomic E-state index is 0.160. The van der Waals surface area contributed by atoms with E-state index in [1.165, 1.54) is 7.11 Å². The fourth-order valence-corrected chi connectivity index (χ4v) is 0.717. The lowest BCUT2D eigenvalue weighted by Crippen LogP contribution is -2.34. The Labute approximate surface area is 55.2 Å². The Morgan fingerprint density at radius 2 is 2.00 bits per heavy atom. The zero-order valence-corrected chi connectivity index (χ0v) is 6.05. The minimum Gasteiger partial charge on any atom is -0.371 e. The van der Waals surface area contributed by atoms with E-state index in [9.17, 15) is 4.79 Å². The summed E-state index contributed by atoms with van der Waals surface area (Å²) in [5.41, 5.74) is 4.98. The van der Waals surface area contributed by atoms with Crippen molar-refractivity contribution in [1.82, 2.24) is 0 Å². The van der Waals surface area contributed by atoms with Crippen LogP contribution in [0.1, 0.15) is 13.8 Å². The van der Waals surface area contributed by atoms with Gasteiger partial charge in [-0.25, -0.2) is 0 Å². The van der Waals surface area contributed by atoms with Crippen LogP contribution in [0.5, 0.6) is 0 Å². The molecule has 1 amide bonds. The van der Waals surface area contributed by atoms with Crippen molar-refractivity contribution in [2.45, 2.75) is 20.0 Å². The SMILES string of the molecule is CO[C@@H](C(N)=O)C(C)C. The van der Waals surface area contributed by atoms with Crippen LogP contribution < -0.4 is 5.73 Å². The Kier molecular flexibility index (Phi) is 3.24. The number of ether oxygens (including phenoxy) is 1. The van der Waals surface area contributed by atoms with E-state index in [0.29, 0.717) is 0 Å². The second-order valence-corrected chi connectivity index (χ2v) is 2.30. The number of nitrogens with two attached hydrogens (primary N) is 1. The Balaban J connectivity index is 3.83. The topological polar surface area (TPSA) is 52.3 Å². The number of primary amides is 1. The molecule has 0 heterocycles. The van der Waals surface area contributed by atoms with Gasteiger partial charge in [0.25, 0.3) is 0 Å². The molecule has 0 radical (unpaired) electrons. The van der Waals surface area contributed by atoms with Crippen molar-refractivity contribution in [2.24, 2.45) is 11.7 Å². The molecule has 0 aliphatic rings. The molecule has 3 nitrogen and oxygen atoms in total. The summed E-state index contributed by atoms with van der Waals surface area (Å²) < 4.78 is 4.80. The number of methoxy groups -OCH3 is 1. The van der Waals surface area contributed by atoms with Gasteiger partial charge in [-0.05, 0) is 5.92 Å². The van der Waals surface area contributed by atoms with Gasteiger partial charge in [-0.15, -0.1) is 0 Å². The summed E-state index contributed by atoms with van der Waals surface area (Å²) >= 11 is 0. The maximum absolute atomic E-state index is 10.5. The molecule has 0 fully saturated rings. The first-order chi connectivity index (χ1) is 4.09. The molecule has 0 rings (SSSR count). The largest absolute Gasteiger partial charge is 0.371 e. The van der Waals surface area contributed by atoms with Gasteiger partial charge in [0.1, 0.15) is 6.10 Å². The van der Waals surface area contributed by atoms with Gasteiger partial charge in [-0.3, -0.25) is 4.79 Å². The second-order valence-electron chi connectivity index (χ2n) is 2.30. The average Bonchev–Trinajstić information content (AvgIpc) is 1.64. The Morgan fingerprint density at radius 3 is 2.00 bits per heavy atom. The zero-order valence-electron chi connectivity index (χ0n) is 6.05. The fourth-order valence-electron chi connectivity index (χ4n) is 0.717. The molecule has 54 valence electrons. The van der Waals surface area contributed by atoms with E-state index < -0.39 is 12.0 Å². The van der Waals surface area contributed by atoms with Crippen molar-refractivity contribution in [1.29, 1.82) is 0 Å². The average molecular weight is 131 g/mol. The van der Waals surface area contributed by atoms with E-state index in [-0.39, 0.29) is 5.92 Å². The molecule has 9 heavy (non-hydrogen) atoms. The number of hydrogen-bond acceptors (Lipinski definition) is 2. The van der Waals surface area contributed by atoms with Crippen molar-refractivity contribution in [3.63, 3.8) is 0 Å². The first kappa shape index (κ1) is 8.43. The molecule has 0 aliphatic carbocycles. The molecule has 0 aliphatic heterocycles. The van der Waals surface area contributed by atoms with Crippen LogP contribution in [-0.4, -0.2) is 19.1 Å². The highest BCUT2D eigenvalue weighted by Gasteiger charge is 2.17. The monoisotopic (exact) mass is 131 g/mol. The molecule has 0 saturated carbocycles. The van der Waals surface area contributed by atoms with Gasteiger partial charge < -0.3 is 10.5 Å². The summed E-state index contributed by atoms with van der Waals surface area (Å²) in [5, 5.41) is 0. The summed E-state index contributed by atoms with van der Waals surface area (Å²) in [6.07, 6.45) is -0.440. The molecule has 0 aromatic rings. The van der Waals surface area contributed by atoms with Crippen LogP contribution in [0.4, 0.5) is 0 Å². The van der Waals surface area contributed by atoms with E-state index >= 15 is 0 Å². The number of carbonyl (C=O) groups excluding carboxylic acids is 1. The van der Waals surface area contributed by atoms with Gasteiger partial charge in [-0.2, -0.15) is 0 Å². The minimum atomic E-state index is -0.440. The lowest BCUT2D eigenvalue weighted by molar-refractivity contribution is -0.130. The second kappa shape index (κ2) is 3.45. The van der Waals surface area contributed by atoms with Crippen molar-refractivity contribution in [2.75, 3.05) is 7.11 Å². The summed E-state index contributed by atoms with van der Waals surface area (Å²) in [6, 6.07) is 0. The Bertz CT molecular complexity index is 101. The molecule has 0 aromatic heterocycles. The molecule has 3 heteroatoms. The molecule has 0 aromatic carbocycles. The van der Waals surface area contributed by atoms with Crippen molar-refractivity contribution < 1.29 is 9.53 Å². The van der Waals surface area contributed by atoms with E-state index in [2.05, 4.69) is 0 Å². The van der Waals surface area contributed by atoms with Crippen LogP contribution in [0, 0.1) is 5.92 Å². The molecular formula is C6H13NO2. The van der Waals surface area contributed by atoms with Gasteiger partial charge in [0.15, 0.2) is 0 Å². The number of amides is 1. The zero-order chi connectivity index (χ0) is 7.44. The third kappa shape index (κ3) is 2.46. The van der Waals surface area contributed by atoms with Gasteiger partial charge in [0, 0.05) is 7.11 Å². The summed E-state index contributed by atoms with van der Waals surface area (Å²) in [7, 11) is 1.48. The highest BCUT2D eigenvalue weighted by Crippen LogP contribution is 2.03. The molecule has 0 unspecified atom stereocenters. The summed E-state index contributed by atoms with van der Waals surface area (Å²) in [5.74, 6) is -0.236. The summed E-state index contributed by atoms with van der Waals surface area (Å²) in [4.78, 5) is 10.5. The quantitative estimate of drug-likeness (QED) is 0.592. The van der Waals surface area contributed by atoms with Crippen LogP contribution in [0.25, 0.3) is 0 Å². The maximum Gasteiger partial charge on any atom is 0.246 e. The molecule has 0 bridgehead atoms. The highest BCUT2D eigenvalue weighted by molar-refractivity contribution is 5.79. The molecule has 2 N–H and O–H groups in total. The smallest absolute Gasteiger partial charge is 0.246 e. The third-order valence-electron chi connectivity index (χ3n) is 1.14. The van der Waals surface area contributed by atoms with Gasteiger partial charge in [0.05, 0.1) is 0 Å². The molecular weight excluding hydrogens is 118 g/mol. The van der Waals surface area contributed by atoms with Crippen molar-refractivity contribution in [3.05, 3.63) is 0 Å². The Hall–Kier alpha value is -0.570. The highest BCUT2D eigenvalue weighted by atomic mass is 16.5. The number of carbonyl (C=O) groups is 1. The maximum atomic E-state index is 10.5. The molecule has 0 saturated heterocycles. The van der Waals surface area contributed by atoms with Crippen LogP contribution in [0.2, 0.25) is 0 Å². The van der Waals surface area contributed by atoms with Crippen LogP contribution in [0.15, 0.2) is 0 Å². The lowest BCUT2D eigenvalue weighted by Gasteiger charge is -2.13. The van der Waals surface area contributed by atoms with E-state index in [1.54, 1.807) is 0 Å². The van der Waals surface area contributed by atoms with Crippen molar-refractivity contribution in [3.8, 4) is 0 Å². The van der Waals surface area contributed by atoms with E-state index in [4.69, 9.17) is 10.5 Å². The van der Waals surface area contributed by atoms with Gasteiger partial charge in [0.2, 0.25) is 5.91 Å². The number of hydrogen-bond donors (Lipinski definition) is 1. The lowest BCUT2D eigenvalue weighted by atomic mass is 10.1. The predicted octanol–water partition coefficient (Wildman–Crippen LogP) is 0.143. The van der Waals surface area contributed by atoms with E-state index in [1.807, 2.05) is 13.8 Å². The van der Waals surface area contributed by atoms with Crippen LogP contribution in [-0.2, 0) is 9.53 Å². The first-order valence-electron chi connectivity index (χ1n) is 2.91. The predicted molar refractivity (Wildman–Crippen MR) is 34.8 cm³/mol. The Morgan fingerprint density at radius 1 is 1.56 bits per heavy atom. The first-order valence-corrected chi connectivity index (χ1v) is 2.91. The van der Waals surface area contributed by atoms with Crippen LogP contribution in [0.3, 0.4) is 0 Å².